The summed E-state index contributed by atoms with van der Waals surface area (Å²) in [6.07, 6.45) is 1.95. The highest BCUT2D eigenvalue weighted by molar-refractivity contribution is 5.72. The Hall–Kier alpha value is -0.610. The van der Waals surface area contributed by atoms with Crippen molar-refractivity contribution in [3.05, 3.63) is 0 Å². The third kappa shape index (κ3) is 5.14. The first-order valence-electron chi connectivity index (χ1n) is 5.56. The normalized spacial score (nSPS) is 20.3. The molecule has 0 unspecified atom stereocenters. The molecular formula is C11H22N2O2. The summed E-state index contributed by atoms with van der Waals surface area (Å²) < 4.78 is 5.26. The Kier molecular flexibility index (Phi) is 4.11. The minimum atomic E-state index is -0.386. The van der Waals surface area contributed by atoms with E-state index in [0.29, 0.717) is 12.6 Å². The fourth-order valence-corrected chi connectivity index (χ4v) is 1.67. The first-order chi connectivity index (χ1) is 6.87. The summed E-state index contributed by atoms with van der Waals surface area (Å²) in [7, 11) is 0. The summed E-state index contributed by atoms with van der Waals surface area (Å²) in [5, 5.41) is 0. The van der Waals surface area contributed by atoms with E-state index in [-0.39, 0.29) is 11.6 Å². The molecule has 0 amide bonds. The van der Waals surface area contributed by atoms with Gasteiger partial charge in [-0.2, -0.15) is 0 Å². The maximum atomic E-state index is 11.5. The van der Waals surface area contributed by atoms with Gasteiger partial charge in [0.2, 0.25) is 0 Å². The van der Waals surface area contributed by atoms with Crippen molar-refractivity contribution in [1.29, 1.82) is 0 Å². The Morgan fingerprint density at radius 1 is 1.40 bits per heavy atom. The highest BCUT2D eigenvalue weighted by Crippen LogP contribution is 2.10. The molecule has 1 fully saturated rings. The molecule has 4 nitrogen and oxygen atoms in total. The van der Waals surface area contributed by atoms with Gasteiger partial charge in [0.25, 0.3) is 0 Å². The molecule has 2 N–H and O–H groups in total. The number of hydrogen-bond acceptors (Lipinski definition) is 4. The van der Waals surface area contributed by atoms with Crippen molar-refractivity contribution in [1.82, 2.24) is 4.90 Å². The smallest absolute Gasteiger partial charge is 0.320 e. The van der Waals surface area contributed by atoms with E-state index in [0.717, 1.165) is 25.9 Å². The summed E-state index contributed by atoms with van der Waals surface area (Å²) in [5.74, 6) is -0.141. The van der Waals surface area contributed by atoms with Crippen LogP contribution in [0.15, 0.2) is 0 Å². The average Bonchev–Trinajstić information content (AvgIpc) is 2.05. The molecule has 88 valence electrons. The van der Waals surface area contributed by atoms with Gasteiger partial charge in [-0.05, 0) is 33.6 Å². The van der Waals surface area contributed by atoms with Crippen LogP contribution in [0.25, 0.3) is 0 Å². The second-order valence-corrected chi connectivity index (χ2v) is 5.20. The van der Waals surface area contributed by atoms with Gasteiger partial charge >= 0.3 is 5.97 Å². The second-order valence-electron chi connectivity index (χ2n) is 5.20. The Morgan fingerprint density at radius 2 is 1.93 bits per heavy atom. The zero-order valence-electron chi connectivity index (χ0n) is 9.95. The molecule has 0 aliphatic carbocycles. The fraction of sp³-hybridized carbons (Fsp3) is 0.909. The van der Waals surface area contributed by atoms with Gasteiger partial charge < -0.3 is 10.5 Å². The highest BCUT2D eigenvalue weighted by atomic mass is 16.6. The van der Waals surface area contributed by atoms with Crippen molar-refractivity contribution in [3.8, 4) is 0 Å². The summed E-state index contributed by atoms with van der Waals surface area (Å²) >= 11 is 0. The van der Waals surface area contributed by atoms with Crippen LogP contribution in [0.2, 0.25) is 0 Å². The summed E-state index contributed by atoms with van der Waals surface area (Å²) in [4.78, 5) is 13.6. The molecule has 0 aromatic heterocycles. The van der Waals surface area contributed by atoms with Crippen molar-refractivity contribution in [2.45, 2.75) is 45.3 Å². The number of likely N-dealkylation sites (tertiary alicyclic amines) is 1. The van der Waals surface area contributed by atoms with Crippen molar-refractivity contribution in [2.75, 3.05) is 19.6 Å². The zero-order valence-corrected chi connectivity index (χ0v) is 9.95. The molecule has 0 spiro atoms. The van der Waals surface area contributed by atoms with Gasteiger partial charge in [0, 0.05) is 19.1 Å². The van der Waals surface area contributed by atoms with E-state index in [2.05, 4.69) is 4.90 Å². The summed E-state index contributed by atoms with van der Waals surface area (Å²) in [6, 6.07) is 0.305. The minimum Gasteiger partial charge on any atom is -0.459 e. The number of nitrogens with two attached hydrogens (primary N) is 1. The Morgan fingerprint density at radius 3 is 2.40 bits per heavy atom. The standard InChI is InChI=1S/C11H22N2O2/c1-11(2,3)15-10(14)8-13-6-4-9(12)5-7-13/h9H,4-8,12H2,1-3H3. The molecule has 0 bridgehead atoms. The molecule has 0 saturated carbocycles. The largest absolute Gasteiger partial charge is 0.459 e. The van der Waals surface area contributed by atoms with Gasteiger partial charge in [0.1, 0.15) is 5.60 Å². The maximum Gasteiger partial charge on any atom is 0.320 e. The van der Waals surface area contributed by atoms with Crippen LogP contribution in [-0.2, 0) is 9.53 Å². The Balaban J connectivity index is 2.27. The van der Waals surface area contributed by atoms with Crippen molar-refractivity contribution in [3.63, 3.8) is 0 Å². The van der Waals surface area contributed by atoms with Crippen LogP contribution >= 0.6 is 0 Å². The van der Waals surface area contributed by atoms with Crippen molar-refractivity contribution < 1.29 is 9.53 Å². The number of carbonyl (C=O) groups excluding carboxylic acids is 1. The third-order valence-corrected chi connectivity index (χ3v) is 2.40. The number of esters is 1. The lowest BCUT2D eigenvalue weighted by Gasteiger charge is -2.30. The first-order valence-corrected chi connectivity index (χ1v) is 5.56. The number of nitrogens with zero attached hydrogens (tertiary/aromatic N) is 1. The summed E-state index contributed by atoms with van der Waals surface area (Å²) in [5.41, 5.74) is 5.40. The Labute approximate surface area is 91.8 Å². The third-order valence-electron chi connectivity index (χ3n) is 2.40. The molecule has 15 heavy (non-hydrogen) atoms. The van der Waals surface area contributed by atoms with E-state index in [1.54, 1.807) is 0 Å². The molecule has 1 saturated heterocycles. The van der Waals surface area contributed by atoms with Gasteiger partial charge in [0.15, 0.2) is 0 Å². The maximum absolute atomic E-state index is 11.5. The van der Waals surface area contributed by atoms with Crippen LogP contribution in [0.5, 0.6) is 0 Å². The van der Waals surface area contributed by atoms with Crippen molar-refractivity contribution in [2.24, 2.45) is 5.73 Å². The van der Waals surface area contributed by atoms with Crippen LogP contribution in [0.1, 0.15) is 33.6 Å². The number of rotatable bonds is 2. The molecule has 4 heteroatoms. The average molecular weight is 214 g/mol. The monoisotopic (exact) mass is 214 g/mol. The van der Waals surface area contributed by atoms with E-state index in [9.17, 15) is 4.79 Å². The van der Waals surface area contributed by atoms with Crippen molar-refractivity contribution >= 4 is 5.97 Å². The molecule has 0 radical (unpaired) electrons. The van der Waals surface area contributed by atoms with Crippen LogP contribution in [0.3, 0.4) is 0 Å². The Bertz CT molecular complexity index is 215. The molecule has 0 aromatic rings. The topological polar surface area (TPSA) is 55.6 Å². The van der Waals surface area contributed by atoms with E-state index in [1.807, 2.05) is 20.8 Å². The van der Waals surface area contributed by atoms with Gasteiger partial charge in [-0.25, -0.2) is 0 Å². The molecule has 0 atom stereocenters. The summed E-state index contributed by atoms with van der Waals surface area (Å²) in [6.45, 7) is 7.86. The molecular weight excluding hydrogens is 192 g/mol. The minimum absolute atomic E-state index is 0.141. The van der Waals surface area contributed by atoms with Gasteiger partial charge in [-0.15, -0.1) is 0 Å². The van der Waals surface area contributed by atoms with E-state index in [4.69, 9.17) is 10.5 Å². The molecule has 1 aliphatic heterocycles. The molecule has 1 aliphatic rings. The zero-order chi connectivity index (χ0) is 11.5. The molecule has 0 aromatic carbocycles. The quantitative estimate of drug-likeness (QED) is 0.689. The van der Waals surface area contributed by atoms with E-state index >= 15 is 0 Å². The lowest BCUT2D eigenvalue weighted by molar-refractivity contribution is -0.156. The van der Waals surface area contributed by atoms with E-state index < -0.39 is 0 Å². The lowest BCUT2D eigenvalue weighted by atomic mass is 10.1. The lowest BCUT2D eigenvalue weighted by Crippen LogP contribution is -2.43. The number of carbonyl (C=O) groups is 1. The van der Waals surface area contributed by atoms with Gasteiger partial charge in [0.05, 0.1) is 6.54 Å². The predicted octanol–water partition coefficient (Wildman–Crippen LogP) is 0.751. The second kappa shape index (κ2) is 4.94. The number of ether oxygens (including phenoxy) is 1. The van der Waals surface area contributed by atoms with Crippen LogP contribution < -0.4 is 5.73 Å². The number of piperidine rings is 1. The molecule has 1 rings (SSSR count). The number of hydrogen-bond donors (Lipinski definition) is 1. The first kappa shape index (κ1) is 12.5. The van der Waals surface area contributed by atoms with Crippen LogP contribution in [0.4, 0.5) is 0 Å². The molecule has 1 heterocycles. The fourth-order valence-electron chi connectivity index (χ4n) is 1.67. The van der Waals surface area contributed by atoms with E-state index in [1.165, 1.54) is 0 Å². The van der Waals surface area contributed by atoms with Crippen LogP contribution in [0, 0.1) is 0 Å². The van der Waals surface area contributed by atoms with Crippen LogP contribution in [-0.4, -0.2) is 42.1 Å². The van der Waals surface area contributed by atoms with Gasteiger partial charge in [-0.3, -0.25) is 9.69 Å². The van der Waals surface area contributed by atoms with Gasteiger partial charge in [-0.1, -0.05) is 0 Å². The highest BCUT2D eigenvalue weighted by Gasteiger charge is 2.21. The SMILES string of the molecule is CC(C)(C)OC(=O)CN1CCC(N)CC1. The predicted molar refractivity (Wildman–Crippen MR) is 59.5 cm³/mol.